The lowest BCUT2D eigenvalue weighted by atomic mass is 10.1. The van der Waals surface area contributed by atoms with Crippen LogP contribution in [0.2, 0.25) is 0 Å². The summed E-state index contributed by atoms with van der Waals surface area (Å²) in [6.45, 7) is 3.47. The normalized spacial score (nSPS) is 11.9. The van der Waals surface area contributed by atoms with Gasteiger partial charge in [-0.15, -0.1) is 0 Å². The quantitative estimate of drug-likeness (QED) is 0.379. The molecule has 0 bridgehead atoms. The number of carbonyl (C=O) groups excluding carboxylic acids is 2. The Morgan fingerprint density at radius 2 is 1.66 bits per heavy atom. The highest BCUT2D eigenvalue weighted by Gasteiger charge is 2.33. The molecule has 0 unspecified atom stereocenters. The molecular weight excluding hydrogens is 502 g/mol. The van der Waals surface area contributed by atoms with Crippen molar-refractivity contribution in [2.24, 2.45) is 0 Å². The van der Waals surface area contributed by atoms with Crippen LogP contribution in [0.4, 0.5) is 5.69 Å². The van der Waals surface area contributed by atoms with E-state index >= 15 is 0 Å². The lowest BCUT2D eigenvalue weighted by molar-refractivity contribution is -0.139. The second-order valence-corrected chi connectivity index (χ2v) is 10.7. The number of carbonyl (C=O) groups is 2. The number of nitrogens with one attached hydrogen (secondary N) is 1. The number of aryl methyl sites for hydroxylation is 1. The molecule has 9 heteroatoms. The number of ether oxygens (including phenoxy) is 1. The van der Waals surface area contributed by atoms with Crippen LogP contribution in [0, 0.1) is 6.92 Å². The third-order valence-corrected chi connectivity index (χ3v) is 8.13. The Morgan fingerprint density at radius 1 is 0.974 bits per heavy atom. The van der Waals surface area contributed by atoms with Crippen molar-refractivity contribution in [1.82, 2.24) is 10.2 Å². The van der Waals surface area contributed by atoms with Gasteiger partial charge in [-0.3, -0.25) is 13.9 Å². The van der Waals surface area contributed by atoms with E-state index in [9.17, 15) is 18.0 Å². The molecule has 38 heavy (non-hydrogen) atoms. The Kier molecular flexibility index (Phi) is 9.90. The zero-order valence-corrected chi connectivity index (χ0v) is 23.1. The smallest absolute Gasteiger partial charge is 0.264 e. The number of sulfonamides is 1. The predicted octanol–water partition coefficient (Wildman–Crippen LogP) is 3.79. The van der Waals surface area contributed by atoms with Crippen molar-refractivity contribution in [3.63, 3.8) is 0 Å². The van der Waals surface area contributed by atoms with Gasteiger partial charge in [-0.2, -0.15) is 0 Å². The number of amides is 2. The summed E-state index contributed by atoms with van der Waals surface area (Å²) < 4.78 is 34.1. The minimum Gasteiger partial charge on any atom is -0.497 e. The average Bonchev–Trinajstić information content (AvgIpc) is 2.94. The molecule has 3 aromatic rings. The van der Waals surface area contributed by atoms with E-state index in [-0.39, 0.29) is 23.0 Å². The van der Waals surface area contributed by atoms with E-state index < -0.39 is 28.5 Å². The minimum absolute atomic E-state index is 0.0629. The first kappa shape index (κ1) is 28.7. The Labute approximate surface area is 225 Å². The number of hydrogen-bond donors (Lipinski definition) is 1. The molecule has 0 fully saturated rings. The number of methoxy groups -OCH3 is 1. The Bertz CT molecular complexity index is 1330. The van der Waals surface area contributed by atoms with E-state index in [1.54, 1.807) is 36.4 Å². The molecule has 3 aromatic carbocycles. The third-order valence-electron chi connectivity index (χ3n) is 6.35. The molecule has 0 aliphatic carbocycles. The largest absolute Gasteiger partial charge is 0.497 e. The van der Waals surface area contributed by atoms with E-state index in [1.165, 1.54) is 31.2 Å². The number of nitrogens with zero attached hydrogens (tertiary/aromatic N) is 2. The van der Waals surface area contributed by atoms with E-state index in [0.717, 1.165) is 15.4 Å². The van der Waals surface area contributed by atoms with E-state index in [4.69, 9.17) is 4.74 Å². The van der Waals surface area contributed by atoms with Crippen LogP contribution in [-0.4, -0.2) is 58.4 Å². The van der Waals surface area contributed by atoms with Gasteiger partial charge in [0.15, 0.2) is 0 Å². The van der Waals surface area contributed by atoms with Crippen LogP contribution >= 0.6 is 0 Å². The molecule has 0 aliphatic heterocycles. The van der Waals surface area contributed by atoms with Crippen molar-refractivity contribution in [2.45, 2.75) is 37.6 Å². The highest BCUT2D eigenvalue weighted by atomic mass is 32.2. The molecule has 0 radical (unpaired) electrons. The summed E-state index contributed by atoms with van der Waals surface area (Å²) in [4.78, 5) is 28.1. The second kappa shape index (κ2) is 13.1. The van der Waals surface area contributed by atoms with Crippen molar-refractivity contribution < 1.29 is 22.7 Å². The Balaban J connectivity index is 2.02. The lowest BCUT2D eigenvalue weighted by Crippen LogP contribution is -2.52. The van der Waals surface area contributed by atoms with Crippen LogP contribution in [0.1, 0.15) is 24.5 Å². The van der Waals surface area contributed by atoms with Crippen LogP contribution in [0.25, 0.3) is 0 Å². The fourth-order valence-corrected chi connectivity index (χ4v) is 5.60. The van der Waals surface area contributed by atoms with Crippen molar-refractivity contribution >= 4 is 27.5 Å². The fraction of sp³-hybridized carbons (Fsp3) is 0.310. The van der Waals surface area contributed by atoms with Gasteiger partial charge in [0.2, 0.25) is 11.8 Å². The SMILES string of the molecule is CC[C@@H](C(=O)NC)N(CCc1ccccc1)C(=O)CN(c1cccc(OC)c1)S(=O)(=O)c1ccc(C)cc1. The molecule has 1 atom stereocenters. The van der Waals surface area contributed by atoms with Gasteiger partial charge >= 0.3 is 0 Å². The molecule has 2 amide bonds. The maximum absolute atomic E-state index is 13.9. The first-order valence-corrected chi connectivity index (χ1v) is 13.9. The zero-order chi connectivity index (χ0) is 27.7. The minimum atomic E-state index is -4.12. The number of likely N-dealkylation sites (N-methyl/N-ethyl adjacent to an activating group) is 1. The summed E-state index contributed by atoms with van der Waals surface area (Å²) in [5.41, 5.74) is 2.21. The Hall–Kier alpha value is -3.85. The van der Waals surface area contributed by atoms with Gasteiger partial charge in [-0.25, -0.2) is 8.42 Å². The standard InChI is InChI=1S/C29H35N3O5S/c1-5-27(29(34)30-3)31(19-18-23-10-7-6-8-11-23)28(33)21-32(24-12-9-13-25(20-24)37-4)38(35,36)26-16-14-22(2)15-17-26/h6-17,20,27H,5,18-19,21H2,1-4H3,(H,30,34)/t27-/m0/s1. The molecule has 0 aromatic heterocycles. The second-order valence-electron chi connectivity index (χ2n) is 8.89. The fourth-order valence-electron chi connectivity index (χ4n) is 4.19. The highest BCUT2D eigenvalue weighted by molar-refractivity contribution is 7.92. The van der Waals surface area contributed by atoms with E-state index in [1.807, 2.05) is 44.2 Å². The van der Waals surface area contributed by atoms with Crippen LogP contribution in [0.3, 0.4) is 0 Å². The topological polar surface area (TPSA) is 96.0 Å². The van der Waals surface area contributed by atoms with Gasteiger partial charge in [0.1, 0.15) is 18.3 Å². The maximum atomic E-state index is 13.9. The van der Waals surface area contributed by atoms with Crippen molar-refractivity contribution in [3.05, 3.63) is 90.0 Å². The van der Waals surface area contributed by atoms with Gasteiger partial charge < -0.3 is 15.0 Å². The van der Waals surface area contributed by atoms with Gasteiger partial charge in [-0.05, 0) is 49.6 Å². The first-order chi connectivity index (χ1) is 18.2. The molecule has 202 valence electrons. The van der Waals surface area contributed by atoms with Crippen molar-refractivity contribution in [3.8, 4) is 5.75 Å². The number of anilines is 1. The summed E-state index contributed by atoms with van der Waals surface area (Å²) in [6.07, 6.45) is 0.897. The Morgan fingerprint density at radius 3 is 2.26 bits per heavy atom. The van der Waals surface area contributed by atoms with Gasteiger partial charge in [0.25, 0.3) is 10.0 Å². The summed E-state index contributed by atoms with van der Waals surface area (Å²) in [5, 5.41) is 2.63. The lowest BCUT2D eigenvalue weighted by Gasteiger charge is -2.33. The molecule has 0 saturated carbocycles. The predicted molar refractivity (Wildman–Crippen MR) is 149 cm³/mol. The van der Waals surface area contributed by atoms with Crippen molar-refractivity contribution in [2.75, 3.05) is 31.6 Å². The number of rotatable bonds is 12. The molecule has 1 N–H and O–H groups in total. The van der Waals surface area contributed by atoms with E-state index in [2.05, 4.69) is 5.32 Å². The average molecular weight is 538 g/mol. The summed E-state index contributed by atoms with van der Waals surface area (Å²) in [7, 11) is -1.11. The molecule has 8 nitrogen and oxygen atoms in total. The molecular formula is C29H35N3O5S. The van der Waals surface area contributed by atoms with Crippen LogP contribution in [0.15, 0.2) is 83.8 Å². The van der Waals surface area contributed by atoms with Crippen LogP contribution < -0.4 is 14.4 Å². The summed E-state index contributed by atoms with van der Waals surface area (Å²) in [5.74, 6) is -0.324. The molecule has 0 heterocycles. The van der Waals surface area contributed by atoms with Crippen LogP contribution in [-0.2, 0) is 26.0 Å². The first-order valence-electron chi connectivity index (χ1n) is 12.5. The molecule has 3 rings (SSSR count). The molecule has 0 aliphatic rings. The highest BCUT2D eigenvalue weighted by Crippen LogP contribution is 2.27. The third kappa shape index (κ3) is 6.92. The van der Waals surface area contributed by atoms with Crippen LogP contribution in [0.5, 0.6) is 5.75 Å². The monoisotopic (exact) mass is 537 g/mol. The summed E-state index contributed by atoms with van der Waals surface area (Å²) in [6, 6.07) is 21.9. The molecule has 0 spiro atoms. The summed E-state index contributed by atoms with van der Waals surface area (Å²) >= 11 is 0. The number of benzene rings is 3. The molecule has 0 saturated heterocycles. The van der Waals surface area contributed by atoms with Gasteiger partial charge in [0.05, 0.1) is 17.7 Å². The van der Waals surface area contributed by atoms with Gasteiger partial charge in [-0.1, -0.05) is 61.0 Å². The zero-order valence-electron chi connectivity index (χ0n) is 22.3. The van der Waals surface area contributed by atoms with Gasteiger partial charge in [0, 0.05) is 19.7 Å². The van der Waals surface area contributed by atoms with E-state index in [0.29, 0.717) is 18.6 Å². The van der Waals surface area contributed by atoms with Crippen molar-refractivity contribution in [1.29, 1.82) is 0 Å². The maximum Gasteiger partial charge on any atom is 0.264 e. The number of hydrogen-bond acceptors (Lipinski definition) is 5.